The Balaban J connectivity index is 3.15. The molecule has 13 heteroatoms. The van der Waals surface area contributed by atoms with Gasteiger partial charge < -0.3 is 43.7 Å². The minimum absolute atomic E-state index is 0.0315. The van der Waals surface area contributed by atoms with Gasteiger partial charge in [0.2, 0.25) is 0 Å². The monoisotopic (exact) mass is 690 g/mol. The van der Waals surface area contributed by atoms with Gasteiger partial charge in [0.05, 0.1) is 19.3 Å². The summed E-state index contributed by atoms with van der Waals surface area (Å²) in [6, 6.07) is 0. The fourth-order valence-electron chi connectivity index (χ4n) is 5.28. The Morgan fingerprint density at radius 2 is 1.15 bits per heavy atom. The van der Waals surface area contributed by atoms with Crippen LogP contribution in [0.1, 0.15) is 137 Å². The zero-order chi connectivity index (χ0) is 35.7. The number of aliphatic hydroxyl groups excluding tert-OH is 3. The van der Waals surface area contributed by atoms with Gasteiger partial charge in [-0.3, -0.25) is 19.2 Å². The molecule has 1 saturated heterocycles. The third-order valence-corrected chi connectivity index (χ3v) is 8.03. The third kappa shape index (κ3) is 18.4. The second kappa shape index (κ2) is 26.5. The van der Waals surface area contributed by atoms with Gasteiger partial charge in [-0.2, -0.15) is 0 Å². The van der Waals surface area contributed by atoms with Crippen molar-refractivity contribution in [1.82, 2.24) is 0 Å². The number of hydrogen-bond donors (Lipinski definition) is 3. The summed E-state index contributed by atoms with van der Waals surface area (Å²) in [5, 5.41) is 29.7. The lowest BCUT2D eigenvalue weighted by Gasteiger charge is -2.43. The van der Waals surface area contributed by atoms with Gasteiger partial charge in [0.25, 0.3) is 0 Å². The van der Waals surface area contributed by atoms with Crippen LogP contribution >= 0.6 is 0 Å². The highest BCUT2D eigenvalue weighted by atomic mass is 16.7. The summed E-state index contributed by atoms with van der Waals surface area (Å²) in [5.74, 6) is -2.38. The maximum Gasteiger partial charge on any atom is 0.306 e. The average molecular weight is 691 g/mol. The minimum atomic E-state index is -1.77. The van der Waals surface area contributed by atoms with Gasteiger partial charge in [-0.05, 0) is 38.5 Å². The molecule has 0 bridgehead atoms. The minimum Gasteiger partial charge on any atom is -0.463 e. The molecule has 48 heavy (non-hydrogen) atoms. The van der Waals surface area contributed by atoms with E-state index < -0.39 is 67.3 Å². The first kappa shape index (κ1) is 43.7. The lowest BCUT2D eigenvalue weighted by atomic mass is 9.98. The van der Waals surface area contributed by atoms with Gasteiger partial charge in [-0.15, -0.1) is 0 Å². The Morgan fingerprint density at radius 3 is 1.67 bits per heavy atom. The maximum atomic E-state index is 13.1. The van der Waals surface area contributed by atoms with Crippen molar-refractivity contribution in [3.8, 4) is 0 Å². The molecule has 0 spiro atoms. The summed E-state index contributed by atoms with van der Waals surface area (Å²) in [6.45, 7) is 7.16. The molecular formula is C35H62O13. The SMILES string of the molecule is CCCCCC(=O)OC[C@H]1O[C@@H](O)[C@@H](OC(=O)CCCC(CCC)OCC(O)CO)[C@@H](OC(=O)CCCCC)[C@@H]1OC(=O)CCCCC. The van der Waals surface area contributed by atoms with Crippen molar-refractivity contribution in [2.45, 2.75) is 180 Å². The van der Waals surface area contributed by atoms with E-state index in [0.29, 0.717) is 38.5 Å². The van der Waals surface area contributed by atoms with E-state index in [1.807, 2.05) is 27.7 Å². The van der Waals surface area contributed by atoms with Crippen molar-refractivity contribution in [3.63, 3.8) is 0 Å². The van der Waals surface area contributed by atoms with Crippen LogP contribution in [-0.4, -0.2) is 102 Å². The number of unbranched alkanes of at least 4 members (excludes halogenated alkanes) is 6. The Kier molecular flexibility index (Phi) is 24.2. The Bertz CT molecular complexity index is 898. The first-order valence-electron chi connectivity index (χ1n) is 18.1. The first-order chi connectivity index (χ1) is 23.1. The Hall–Kier alpha value is -2.32. The van der Waals surface area contributed by atoms with Crippen LogP contribution in [0.15, 0.2) is 0 Å². The first-order valence-corrected chi connectivity index (χ1v) is 18.1. The molecule has 1 fully saturated rings. The Morgan fingerprint density at radius 1 is 0.646 bits per heavy atom. The normalized spacial score (nSPS) is 22.0. The van der Waals surface area contributed by atoms with Gasteiger partial charge >= 0.3 is 23.9 Å². The van der Waals surface area contributed by atoms with Crippen molar-refractivity contribution in [2.24, 2.45) is 0 Å². The van der Waals surface area contributed by atoms with Crippen molar-refractivity contribution >= 4 is 23.9 Å². The van der Waals surface area contributed by atoms with Gasteiger partial charge in [-0.25, -0.2) is 0 Å². The number of aliphatic hydroxyl groups is 3. The third-order valence-electron chi connectivity index (χ3n) is 8.03. The molecule has 280 valence electrons. The molecule has 1 heterocycles. The highest BCUT2D eigenvalue weighted by molar-refractivity contribution is 5.72. The summed E-state index contributed by atoms with van der Waals surface area (Å²) in [4.78, 5) is 51.4. The second-order valence-electron chi connectivity index (χ2n) is 12.5. The van der Waals surface area contributed by atoms with E-state index in [9.17, 15) is 29.4 Å². The number of esters is 4. The van der Waals surface area contributed by atoms with Gasteiger partial charge in [-0.1, -0.05) is 72.6 Å². The van der Waals surface area contributed by atoms with Gasteiger partial charge in [0, 0.05) is 25.7 Å². The van der Waals surface area contributed by atoms with Crippen LogP contribution in [0.25, 0.3) is 0 Å². The van der Waals surface area contributed by atoms with E-state index in [-0.39, 0.29) is 45.0 Å². The highest BCUT2D eigenvalue weighted by Crippen LogP contribution is 2.29. The van der Waals surface area contributed by atoms with E-state index in [1.54, 1.807) is 0 Å². The molecule has 1 aliphatic heterocycles. The predicted octanol–water partition coefficient (Wildman–Crippen LogP) is 4.43. The molecule has 0 saturated carbocycles. The molecule has 2 unspecified atom stereocenters. The second-order valence-corrected chi connectivity index (χ2v) is 12.5. The Labute approximate surface area is 286 Å². The van der Waals surface area contributed by atoms with Crippen molar-refractivity contribution in [1.29, 1.82) is 0 Å². The maximum absolute atomic E-state index is 13.1. The molecule has 3 N–H and O–H groups in total. The molecule has 7 atom stereocenters. The van der Waals surface area contributed by atoms with Crippen LogP contribution in [0.4, 0.5) is 0 Å². The van der Waals surface area contributed by atoms with Crippen LogP contribution in [0.5, 0.6) is 0 Å². The van der Waals surface area contributed by atoms with Crippen LogP contribution in [0, 0.1) is 0 Å². The standard InChI is InChI=1S/C35H62O13/c1-5-9-12-18-28(38)44-24-27-32(46-29(39)19-13-10-6-2)33(47-30(40)20-14-11-7-3)34(35(42)45-27)48-31(41)21-15-17-26(16-8-4)43-23-25(37)22-36/h25-27,32-37,42H,5-24H2,1-4H3/t25?,26?,27-,32-,33+,34+,35-/m1/s1. The number of ether oxygens (including phenoxy) is 6. The summed E-state index contributed by atoms with van der Waals surface area (Å²) >= 11 is 0. The van der Waals surface area contributed by atoms with Crippen LogP contribution in [0.3, 0.4) is 0 Å². The molecular weight excluding hydrogens is 628 g/mol. The zero-order valence-electron chi connectivity index (χ0n) is 29.6. The van der Waals surface area contributed by atoms with E-state index >= 15 is 0 Å². The number of carbonyl (C=O) groups is 4. The van der Waals surface area contributed by atoms with Crippen LogP contribution in [-0.2, 0) is 47.6 Å². The molecule has 1 aliphatic rings. The van der Waals surface area contributed by atoms with Crippen LogP contribution in [0.2, 0.25) is 0 Å². The molecule has 1 rings (SSSR count). The lowest BCUT2D eigenvalue weighted by molar-refractivity contribution is -0.297. The topological polar surface area (TPSA) is 184 Å². The molecule has 0 aliphatic carbocycles. The summed E-state index contributed by atoms with van der Waals surface area (Å²) in [6.07, 6.45) is 1.09. The molecule has 0 aromatic heterocycles. The van der Waals surface area contributed by atoms with E-state index in [4.69, 9.17) is 33.5 Å². The summed E-state index contributed by atoms with van der Waals surface area (Å²) in [5.41, 5.74) is 0. The molecule has 13 nitrogen and oxygen atoms in total. The van der Waals surface area contributed by atoms with Crippen LogP contribution < -0.4 is 0 Å². The van der Waals surface area contributed by atoms with E-state index in [1.165, 1.54) is 0 Å². The van der Waals surface area contributed by atoms with E-state index in [2.05, 4.69) is 0 Å². The largest absolute Gasteiger partial charge is 0.463 e. The summed E-state index contributed by atoms with van der Waals surface area (Å²) < 4.78 is 34.0. The number of carbonyl (C=O) groups excluding carboxylic acids is 4. The zero-order valence-corrected chi connectivity index (χ0v) is 29.6. The van der Waals surface area contributed by atoms with Gasteiger partial charge in [0.15, 0.2) is 24.6 Å². The van der Waals surface area contributed by atoms with Crippen molar-refractivity contribution in [3.05, 3.63) is 0 Å². The predicted molar refractivity (Wildman–Crippen MR) is 175 cm³/mol. The van der Waals surface area contributed by atoms with Gasteiger partial charge in [0.1, 0.15) is 18.8 Å². The highest BCUT2D eigenvalue weighted by Gasteiger charge is 2.52. The fourth-order valence-corrected chi connectivity index (χ4v) is 5.28. The van der Waals surface area contributed by atoms with Crippen molar-refractivity contribution in [2.75, 3.05) is 19.8 Å². The lowest BCUT2D eigenvalue weighted by Crippen LogP contribution is -2.62. The summed E-state index contributed by atoms with van der Waals surface area (Å²) in [7, 11) is 0. The smallest absolute Gasteiger partial charge is 0.306 e. The fraction of sp³-hybridized carbons (Fsp3) is 0.886. The molecule has 0 aromatic carbocycles. The molecule has 0 amide bonds. The average Bonchev–Trinajstić information content (AvgIpc) is 3.05. The van der Waals surface area contributed by atoms with E-state index in [0.717, 1.165) is 44.9 Å². The number of rotatable bonds is 27. The molecule has 0 radical (unpaired) electrons. The quantitative estimate of drug-likeness (QED) is 0.0625. The van der Waals surface area contributed by atoms with Crippen molar-refractivity contribution < 1.29 is 62.9 Å². The number of hydrogen-bond acceptors (Lipinski definition) is 13. The molecule has 0 aromatic rings.